The molecule has 0 aliphatic carbocycles. The molecule has 1 aromatic carbocycles. The molecule has 5 heteroatoms. The number of benzene rings is 1. The Morgan fingerprint density at radius 1 is 0.941 bits per heavy atom. The van der Waals surface area contributed by atoms with Gasteiger partial charge in [0.1, 0.15) is 5.01 Å². The van der Waals surface area contributed by atoms with Crippen molar-refractivity contribution < 1.29 is 0 Å². The summed E-state index contributed by atoms with van der Waals surface area (Å²) in [5.41, 5.74) is 2.36. The molecule has 0 aliphatic heterocycles. The smallest absolute Gasteiger partial charge is 0.176 e. The first-order valence-electron chi connectivity index (χ1n) is 5.13. The van der Waals surface area contributed by atoms with E-state index in [0.29, 0.717) is 0 Å². The summed E-state index contributed by atoms with van der Waals surface area (Å²) in [6.45, 7) is 2.07. The highest BCUT2D eigenvalue weighted by Gasteiger charge is 2.09. The highest BCUT2D eigenvalue weighted by molar-refractivity contribution is 7.22. The predicted molar refractivity (Wildman–Crippen MR) is 71.2 cm³/mol. The van der Waals surface area contributed by atoms with E-state index in [1.165, 1.54) is 5.56 Å². The third-order valence-electron chi connectivity index (χ3n) is 2.34. The first-order valence-corrected chi connectivity index (χ1v) is 6.83. The Bertz CT molecular complexity index is 612. The molecule has 0 saturated carbocycles. The second kappa shape index (κ2) is 4.35. The molecule has 0 amide bonds. The van der Waals surface area contributed by atoms with E-state index in [9.17, 15) is 0 Å². The summed E-state index contributed by atoms with van der Waals surface area (Å²) in [5, 5.41) is 13.1. The summed E-state index contributed by atoms with van der Waals surface area (Å²) >= 11 is 3.16. The Morgan fingerprint density at radius 3 is 2.41 bits per heavy atom. The van der Waals surface area contributed by atoms with Crippen LogP contribution in [0.4, 0.5) is 0 Å². The van der Waals surface area contributed by atoms with E-state index in [1.54, 1.807) is 28.9 Å². The Balaban J connectivity index is 1.98. The van der Waals surface area contributed by atoms with Gasteiger partial charge in [-0.15, -0.1) is 21.5 Å². The summed E-state index contributed by atoms with van der Waals surface area (Å²) in [7, 11) is 0. The van der Waals surface area contributed by atoms with Crippen LogP contribution in [0.1, 0.15) is 5.56 Å². The van der Waals surface area contributed by atoms with Crippen molar-refractivity contribution in [3.8, 4) is 20.6 Å². The van der Waals surface area contributed by atoms with Crippen molar-refractivity contribution in [2.24, 2.45) is 0 Å². The number of thiazole rings is 1. The Labute approximate surface area is 107 Å². The van der Waals surface area contributed by atoms with Gasteiger partial charge in [0.2, 0.25) is 0 Å². The predicted octanol–water partition coefficient (Wildman–Crippen LogP) is 3.64. The number of aromatic nitrogens is 3. The minimum atomic E-state index is 0.885. The molecule has 3 nitrogen and oxygen atoms in total. The normalized spacial score (nSPS) is 10.6. The van der Waals surface area contributed by atoms with E-state index < -0.39 is 0 Å². The summed E-state index contributed by atoms with van der Waals surface area (Å²) in [5.74, 6) is 0. The van der Waals surface area contributed by atoms with E-state index in [4.69, 9.17) is 0 Å². The van der Waals surface area contributed by atoms with Crippen LogP contribution in [-0.2, 0) is 0 Å². The van der Waals surface area contributed by atoms with E-state index in [-0.39, 0.29) is 0 Å². The van der Waals surface area contributed by atoms with Gasteiger partial charge in [-0.3, -0.25) is 0 Å². The van der Waals surface area contributed by atoms with Crippen LogP contribution < -0.4 is 0 Å². The Morgan fingerprint density at radius 2 is 1.71 bits per heavy atom. The van der Waals surface area contributed by atoms with E-state index in [1.807, 2.05) is 5.38 Å². The molecule has 0 atom stereocenters. The summed E-state index contributed by atoms with van der Waals surface area (Å²) in [6, 6.07) is 8.31. The molecule has 3 aromatic rings. The summed E-state index contributed by atoms with van der Waals surface area (Å²) in [4.78, 5) is 4.23. The molecule has 0 unspecified atom stereocenters. The lowest BCUT2D eigenvalue weighted by Crippen LogP contribution is -1.77. The monoisotopic (exact) mass is 259 g/mol. The van der Waals surface area contributed by atoms with Gasteiger partial charge in [-0.1, -0.05) is 41.2 Å². The van der Waals surface area contributed by atoms with Crippen LogP contribution in [0.5, 0.6) is 0 Å². The SMILES string of the molecule is Cc1ccc(-c2nnc(-c3nccs3)s2)cc1. The van der Waals surface area contributed by atoms with Crippen molar-refractivity contribution in [3.05, 3.63) is 41.4 Å². The van der Waals surface area contributed by atoms with Crippen LogP contribution in [0.2, 0.25) is 0 Å². The lowest BCUT2D eigenvalue weighted by atomic mass is 10.2. The first-order chi connectivity index (χ1) is 8.33. The van der Waals surface area contributed by atoms with Crippen LogP contribution in [0.15, 0.2) is 35.8 Å². The third kappa shape index (κ3) is 2.11. The first kappa shape index (κ1) is 10.6. The number of rotatable bonds is 2. The molecular formula is C12H9N3S2. The minimum absolute atomic E-state index is 0.885. The maximum absolute atomic E-state index is 4.23. The molecule has 17 heavy (non-hydrogen) atoms. The molecule has 0 fully saturated rings. The standard InChI is InChI=1S/C12H9N3S2/c1-8-2-4-9(5-3-8)10-14-15-12(17-10)11-13-6-7-16-11/h2-7H,1H3. The maximum Gasteiger partial charge on any atom is 0.176 e. The second-order valence-corrected chi connectivity index (χ2v) is 5.49. The highest BCUT2D eigenvalue weighted by Crippen LogP contribution is 2.30. The molecule has 0 bridgehead atoms. The van der Waals surface area contributed by atoms with E-state index >= 15 is 0 Å². The quantitative estimate of drug-likeness (QED) is 0.705. The number of hydrogen-bond acceptors (Lipinski definition) is 5. The number of aryl methyl sites for hydroxylation is 1. The average molecular weight is 259 g/mol. The third-order valence-corrected chi connectivity index (χ3v) is 4.23. The van der Waals surface area contributed by atoms with Gasteiger partial charge in [0.25, 0.3) is 0 Å². The number of nitrogens with zero attached hydrogens (tertiary/aromatic N) is 3. The van der Waals surface area contributed by atoms with Crippen LogP contribution in [0.25, 0.3) is 20.6 Å². The fourth-order valence-electron chi connectivity index (χ4n) is 1.45. The second-order valence-electron chi connectivity index (χ2n) is 3.62. The van der Waals surface area contributed by atoms with Crippen LogP contribution in [0, 0.1) is 6.92 Å². The lowest BCUT2D eigenvalue weighted by Gasteiger charge is -1.95. The molecule has 0 saturated heterocycles. The van der Waals surface area contributed by atoms with Crippen molar-refractivity contribution >= 4 is 22.7 Å². The molecule has 0 radical (unpaired) electrons. The van der Waals surface area contributed by atoms with Gasteiger partial charge >= 0.3 is 0 Å². The highest BCUT2D eigenvalue weighted by atomic mass is 32.1. The van der Waals surface area contributed by atoms with E-state index in [0.717, 1.165) is 20.6 Å². The fourth-order valence-corrected chi connectivity index (χ4v) is 2.98. The minimum Gasteiger partial charge on any atom is -0.242 e. The zero-order chi connectivity index (χ0) is 11.7. The molecule has 2 heterocycles. The fraction of sp³-hybridized carbons (Fsp3) is 0.0833. The Kier molecular flexibility index (Phi) is 2.70. The molecule has 0 aliphatic rings. The van der Waals surface area contributed by atoms with Crippen LogP contribution in [-0.4, -0.2) is 15.2 Å². The Hall–Kier alpha value is -1.59. The molecule has 0 N–H and O–H groups in total. The maximum atomic E-state index is 4.23. The van der Waals surface area contributed by atoms with Crippen molar-refractivity contribution in [2.45, 2.75) is 6.92 Å². The van der Waals surface area contributed by atoms with Gasteiger partial charge in [-0.2, -0.15) is 0 Å². The van der Waals surface area contributed by atoms with Gasteiger partial charge in [0.05, 0.1) is 0 Å². The topological polar surface area (TPSA) is 38.7 Å². The summed E-state index contributed by atoms with van der Waals surface area (Å²) in [6.07, 6.45) is 1.78. The molecule has 0 spiro atoms. The van der Waals surface area contributed by atoms with Crippen molar-refractivity contribution in [3.63, 3.8) is 0 Å². The van der Waals surface area contributed by atoms with Crippen molar-refractivity contribution in [1.29, 1.82) is 0 Å². The van der Waals surface area contributed by atoms with Crippen molar-refractivity contribution in [1.82, 2.24) is 15.2 Å². The molecule has 3 rings (SSSR count). The van der Waals surface area contributed by atoms with E-state index in [2.05, 4.69) is 46.4 Å². The van der Waals surface area contributed by atoms with Gasteiger partial charge in [0, 0.05) is 17.1 Å². The van der Waals surface area contributed by atoms with Crippen LogP contribution >= 0.6 is 22.7 Å². The lowest BCUT2D eigenvalue weighted by molar-refractivity contribution is 1.10. The van der Waals surface area contributed by atoms with Crippen molar-refractivity contribution in [2.75, 3.05) is 0 Å². The van der Waals surface area contributed by atoms with Gasteiger partial charge in [-0.25, -0.2) is 4.98 Å². The van der Waals surface area contributed by atoms with Crippen LogP contribution in [0.3, 0.4) is 0 Å². The zero-order valence-electron chi connectivity index (χ0n) is 9.12. The molecular weight excluding hydrogens is 250 g/mol. The zero-order valence-corrected chi connectivity index (χ0v) is 10.8. The van der Waals surface area contributed by atoms with Gasteiger partial charge in [0.15, 0.2) is 10.0 Å². The largest absolute Gasteiger partial charge is 0.242 e. The summed E-state index contributed by atoms with van der Waals surface area (Å²) < 4.78 is 0. The van der Waals surface area contributed by atoms with Gasteiger partial charge < -0.3 is 0 Å². The van der Waals surface area contributed by atoms with Gasteiger partial charge in [-0.05, 0) is 6.92 Å². The molecule has 2 aromatic heterocycles. The molecule has 84 valence electrons. The number of hydrogen-bond donors (Lipinski definition) is 0. The average Bonchev–Trinajstić information content (AvgIpc) is 3.00.